The number of benzene rings is 6. The SMILES string of the molecule is N#Cc1ccc(N(c2ccccc2)c2c3ccccc3c(-c3ccccc3-c3ccccc3)c3ccccc23)nc1. The molecule has 0 aliphatic rings. The van der Waals surface area contributed by atoms with Crippen LogP contribution in [0.2, 0.25) is 0 Å². The fraction of sp³-hybridized carbons (Fsp3) is 0. The lowest BCUT2D eigenvalue weighted by molar-refractivity contribution is 1.18. The van der Waals surface area contributed by atoms with E-state index in [0.29, 0.717) is 5.56 Å². The van der Waals surface area contributed by atoms with E-state index in [1.54, 1.807) is 6.20 Å². The zero-order chi connectivity index (χ0) is 27.6. The Morgan fingerprint density at radius 2 is 1.05 bits per heavy atom. The van der Waals surface area contributed by atoms with Crippen LogP contribution in [0.5, 0.6) is 0 Å². The molecule has 0 unspecified atom stereocenters. The van der Waals surface area contributed by atoms with Crippen LogP contribution >= 0.6 is 0 Å². The van der Waals surface area contributed by atoms with Gasteiger partial charge in [0.25, 0.3) is 0 Å². The van der Waals surface area contributed by atoms with E-state index in [0.717, 1.165) is 28.0 Å². The summed E-state index contributed by atoms with van der Waals surface area (Å²) in [4.78, 5) is 6.96. The molecule has 3 heteroatoms. The van der Waals surface area contributed by atoms with E-state index >= 15 is 0 Å². The summed E-state index contributed by atoms with van der Waals surface area (Å²) in [5.41, 5.74) is 7.38. The average Bonchev–Trinajstić information content (AvgIpc) is 3.06. The van der Waals surface area contributed by atoms with Gasteiger partial charge in [0.05, 0.1) is 11.3 Å². The molecule has 0 saturated carbocycles. The topological polar surface area (TPSA) is 39.9 Å². The summed E-state index contributed by atoms with van der Waals surface area (Å²) in [6, 6.07) is 52.8. The molecule has 0 radical (unpaired) electrons. The lowest BCUT2D eigenvalue weighted by atomic mass is 9.86. The number of para-hydroxylation sites is 1. The largest absolute Gasteiger partial charge is 0.294 e. The van der Waals surface area contributed by atoms with E-state index < -0.39 is 0 Å². The molecule has 0 atom stereocenters. The predicted molar refractivity (Wildman–Crippen MR) is 170 cm³/mol. The van der Waals surface area contributed by atoms with Gasteiger partial charge in [0.2, 0.25) is 0 Å². The van der Waals surface area contributed by atoms with Crippen molar-refractivity contribution < 1.29 is 0 Å². The Kier molecular flexibility index (Phi) is 6.20. The number of nitriles is 1. The van der Waals surface area contributed by atoms with Gasteiger partial charge in [0, 0.05) is 22.7 Å². The number of nitrogens with zero attached hydrogens (tertiary/aromatic N) is 3. The van der Waals surface area contributed by atoms with Gasteiger partial charge in [0.1, 0.15) is 11.9 Å². The first-order chi connectivity index (χ1) is 20.3. The van der Waals surface area contributed by atoms with Crippen molar-refractivity contribution in [3.8, 4) is 28.3 Å². The Labute approximate surface area is 239 Å². The molecule has 0 spiro atoms. The first-order valence-electron chi connectivity index (χ1n) is 13.6. The molecule has 0 saturated heterocycles. The van der Waals surface area contributed by atoms with E-state index in [1.165, 1.54) is 33.0 Å². The van der Waals surface area contributed by atoms with E-state index in [-0.39, 0.29) is 0 Å². The fourth-order valence-corrected chi connectivity index (χ4v) is 5.74. The van der Waals surface area contributed by atoms with E-state index in [9.17, 15) is 5.26 Å². The van der Waals surface area contributed by atoms with Gasteiger partial charge in [-0.15, -0.1) is 0 Å². The monoisotopic (exact) mass is 523 g/mol. The zero-order valence-corrected chi connectivity index (χ0v) is 22.3. The van der Waals surface area contributed by atoms with Gasteiger partial charge in [-0.05, 0) is 57.3 Å². The van der Waals surface area contributed by atoms with Gasteiger partial charge in [-0.1, -0.05) is 121 Å². The Hall–Kier alpha value is -5.72. The number of anilines is 3. The van der Waals surface area contributed by atoms with Crippen molar-refractivity contribution >= 4 is 38.7 Å². The van der Waals surface area contributed by atoms with Crippen LogP contribution in [-0.2, 0) is 0 Å². The van der Waals surface area contributed by atoms with Gasteiger partial charge in [0.15, 0.2) is 0 Å². The molecule has 1 aromatic heterocycles. The molecular formula is C38H25N3. The maximum atomic E-state index is 9.42. The van der Waals surface area contributed by atoms with Crippen molar-refractivity contribution in [1.29, 1.82) is 5.26 Å². The molecule has 0 aliphatic heterocycles. The van der Waals surface area contributed by atoms with Crippen LogP contribution in [0.3, 0.4) is 0 Å². The highest BCUT2D eigenvalue weighted by Gasteiger charge is 2.23. The normalized spacial score (nSPS) is 10.9. The van der Waals surface area contributed by atoms with Gasteiger partial charge >= 0.3 is 0 Å². The zero-order valence-electron chi connectivity index (χ0n) is 22.3. The Morgan fingerprint density at radius 1 is 0.512 bits per heavy atom. The summed E-state index contributed by atoms with van der Waals surface area (Å²) in [5.74, 6) is 0.753. The minimum absolute atomic E-state index is 0.532. The van der Waals surface area contributed by atoms with Crippen molar-refractivity contribution in [2.75, 3.05) is 4.90 Å². The van der Waals surface area contributed by atoms with Gasteiger partial charge in [-0.3, -0.25) is 4.90 Å². The number of hydrogen-bond donors (Lipinski definition) is 0. The third kappa shape index (κ3) is 4.29. The molecule has 0 bridgehead atoms. The van der Waals surface area contributed by atoms with Gasteiger partial charge in [-0.2, -0.15) is 5.26 Å². The average molecular weight is 524 g/mol. The number of pyridine rings is 1. The lowest BCUT2D eigenvalue weighted by Gasteiger charge is -2.28. The van der Waals surface area contributed by atoms with Crippen molar-refractivity contribution in [3.05, 3.63) is 157 Å². The Morgan fingerprint density at radius 3 is 1.63 bits per heavy atom. The second kappa shape index (κ2) is 10.4. The highest BCUT2D eigenvalue weighted by molar-refractivity contribution is 6.23. The van der Waals surface area contributed by atoms with Gasteiger partial charge in [-0.25, -0.2) is 4.98 Å². The van der Waals surface area contributed by atoms with E-state index in [1.807, 2.05) is 30.3 Å². The minimum atomic E-state index is 0.532. The number of hydrogen-bond acceptors (Lipinski definition) is 3. The molecule has 41 heavy (non-hydrogen) atoms. The van der Waals surface area contributed by atoms with Crippen molar-refractivity contribution in [3.63, 3.8) is 0 Å². The van der Waals surface area contributed by atoms with Crippen molar-refractivity contribution in [2.24, 2.45) is 0 Å². The maximum absolute atomic E-state index is 9.42. The van der Waals surface area contributed by atoms with Crippen molar-refractivity contribution in [1.82, 2.24) is 4.98 Å². The molecule has 0 fully saturated rings. The van der Waals surface area contributed by atoms with Crippen LogP contribution in [0.1, 0.15) is 5.56 Å². The van der Waals surface area contributed by atoms with Crippen LogP contribution in [0.25, 0.3) is 43.8 Å². The summed E-state index contributed by atoms with van der Waals surface area (Å²) >= 11 is 0. The Bertz CT molecular complexity index is 1980. The molecule has 192 valence electrons. The third-order valence-electron chi connectivity index (χ3n) is 7.53. The van der Waals surface area contributed by atoms with Crippen LogP contribution in [0.4, 0.5) is 17.2 Å². The third-order valence-corrected chi connectivity index (χ3v) is 7.53. The predicted octanol–water partition coefficient (Wildman–Crippen LogP) is 10.1. The molecule has 0 N–H and O–H groups in total. The van der Waals surface area contributed by atoms with E-state index in [2.05, 4.69) is 126 Å². The number of aromatic nitrogens is 1. The van der Waals surface area contributed by atoms with Gasteiger partial charge < -0.3 is 0 Å². The van der Waals surface area contributed by atoms with Crippen LogP contribution in [0.15, 0.2) is 152 Å². The smallest absolute Gasteiger partial charge is 0.137 e. The summed E-state index contributed by atoms with van der Waals surface area (Å²) < 4.78 is 0. The first kappa shape index (κ1) is 24.3. The molecule has 3 nitrogen and oxygen atoms in total. The highest BCUT2D eigenvalue weighted by Crippen LogP contribution is 2.48. The molecule has 0 aliphatic carbocycles. The summed E-state index contributed by atoms with van der Waals surface area (Å²) in [5, 5.41) is 14.0. The second-order valence-corrected chi connectivity index (χ2v) is 9.91. The maximum Gasteiger partial charge on any atom is 0.137 e. The second-order valence-electron chi connectivity index (χ2n) is 9.91. The molecule has 6 aromatic carbocycles. The summed E-state index contributed by atoms with van der Waals surface area (Å²) in [6.45, 7) is 0. The lowest BCUT2D eigenvalue weighted by Crippen LogP contribution is -2.13. The number of fused-ring (bicyclic) bond motifs is 2. The molecule has 1 heterocycles. The Balaban J connectivity index is 1.60. The quantitative estimate of drug-likeness (QED) is 0.211. The molecule has 7 rings (SSSR count). The van der Waals surface area contributed by atoms with Crippen molar-refractivity contribution in [2.45, 2.75) is 0 Å². The minimum Gasteiger partial charge on any atom is -0.294 e. The van der Waals surface area contributed by atoms with Crippen LogP contribution in [0, 0.1) is 11.3 Å². The molecular weight excluding hydrogens is 498 g/mol. The number of rotatable bonds is 5. The standard InChI is InChI=1S/C38H25N3/c39-25-27-23-24-36(40-26-27)41(29-15-5-2-6-16-29)38-34-21-11-9-19-32(34)37(33-20-10-12-22-35(33)38)31-18-8-7-17-30(31)28-13-3-1-4-14-28/h1-24,26H. The fourth-order valence-electron chi connectivity index (χ4n) is 5.74. The van der Waals surface area contributed by atoms with E-state index in [4.69, 9.17) is 4.98 Å². The molecule has 0 amide bonds. The molecule has 7 aromatic rings. The highest BCUT2D eigenvalue weighted by atomic mass is 15.2. The first-order valence-corrected chi connectivity index (χ1v) is 13.6. The summed E-state index contributed by atoms with van der Waals surface area (Å²) in [7, 11) is 0. The van der Waals surface area contributed by atoms with Crippen LogP contribution in [-0.4, -0.2) is 4.98 Å². The van der Waals surface area contributed by atoms with Crippen LogP contribution < -0.4 is 4.90 Å². The summed E-state index contributed by atoms with van der Waals surface area (Å²) in [6.07, 6.45) is 1.64.